The first-order valence-electron chi connectivity index (χ1n) is 6.98. The highest BCUT2D eigenvalue weighted by atomic mass is 16.5. The predicted octanol–water partition coefficient (Wildman–Crippen LogP) is 1.15. The van der Waals surface area contributed by atoms with Crippen molar-refractivity contribution in [1.82, 2.24) is 4.90 Å². The van der Waals surface area contributed by atoms with E-state index in [9.17, 15) is 9.90 Å². The number of aromatic hydroxyl groups is 1. The van der Waals surface area contributed by atoms with Crippen LogP contribution in [0.25, 0.3) is 0 Å². The van der Waals surface area contributed by atoms with E-state index in [0.717, 1.165) is 5.56 Å². The number of likely N-dealkylation sites (N-methyl/N-ethyl adjacent to an activating group) is 1. The van der Waals surface area contributed by atoms with Crippen molar-refractivity contribution in [2.24, 2.45) is 5.73 Å². The first-order valence-corrected chi connectivity index (χ1v) is 6.98. The number of benzene rings is 1. The van der Waals surface area contributed by atoms with Gasteiger partial charge in [-0.3, -0.25) is 4.79 Å². The summed E-state index contributed by atoms with van der Waals surface area (Å²) in [4.78, 5) is 13.9. The van der Waals surface area contributed by atoms with E-state index in [1.54, 1.807) is 29.2 Å². The van der Waals surface area contributed by atoms with Crippen LogP contribution < -0.4 is 5.73 Å². The molecule has 0 heterocycles. The molecule has 1 aromatic rings. The van der Waals surface area contributed by atoms with E-state index < -0.39 is 6.04 Å². The number of hydrogen-bond acceptors (Lipinski definition) is 4. The molecular formula is C15H24N2O3. The Morgan fingerprint density at radius 2 is 2.00 bits per heavy atom. The van der Waals surface area contributed by atoms with E-state index in [1.165, 1.54) is 0 Å². The third kappa shape index (κ3) is 5.19. The molecule has 0 fully saturated rings. The van der Waals surface area contributed by atoms with Gasteiger partial charge in [-0.1, -0.05) is 12.1 Å². The van der Waals surface area contributed by atoms with E-state index >= 15 is 0 Å². The van der Waals surface area contributed by atoms with Crippen LogP contribution >= 0.6 is 0 Å². The third-order valence-electron chi connectivity index (χ3n) is 3.11. The van der Waals surface area contributed by atoms with Gasteiger partial charge in [-0.05, 0) is 38.0 Å². The van der Waals surface area contributed by atoms with Gasteiger partial charge in [-0.2, -0.15) is 0 Å². The fraction of sp³-hybridized carbons (Fsp3) is 0.533. The first kappa shape index (κ1) is 16.5. The fourth-order valence-electron chi connectivity index (χ4n) is 1.95. The van der Waals surface area contributed by atoms with Gasteiger partial charge >= 0.3 is 0 Å². The standard InChI is InChI=1S/C15H24N2O3/c1-3-17(9-10-20-4-2)15(19)14(16)11-12-5-7-13(18)8-6-12/h5-8,14,18H,3-4,9-11,16H2,1-2H3/t14-/m1/s1. The molecule has 1 rings (SSSR count). The summed E-state index contributed by atoms with van der Waals surface area (Å²) in [6.45, 7) is 6.21. The number of ether oxygens (including phenoxy) is 1. The average molecular weight is 280 g/mol. The molecule has 0 radical (unpaired) electrons. The Kier molecular flexibility index (Phi) is 7.04. The van der Waals surface area contributed by atoms with Crippen molar-refractivity contribution in [2.75, 3.05) is 26.3 Å². The Bertz CT molecular complexity index is 406. The van der Waals surface area contributed by atoms with Gasteiger partial charge in [0.25, 0.3) is 0 Å². The molecule has 5 heteroatoms. The Morgan fingerprint density at radius 1 is 1.35 bits per heavy atom. The number of phenolic OH excluding ortho intramolecular Hbond substituents is 1. The van der Waals surface area contributed by atoms with Gasteiger partial charge in [0.1, 0.15) is 5.75 Å². The lowest BCUT2D eigenvalue weighted by Gasteiger charge is -2.24. The number of hydrogen-bond donors (Lipinski definition) is 2. The van der Waals surface area contributed by atoms with Gasteiger partial charge in [0.2, 0.25) is 5.91 Å². The Labute approximate surface area is 120 Å². The molecular weight excluding hydrogens is 256 g/mol. The van der Waals surface area contributed by atoms with E-state index in [4.69, 9.17) is 10.5 Å². The van der Waals surface area contributed by atoms with Gasteiger partial charge in [0.15, 0.2) is 0 Å². The van der Waals surface area contributed by atoms with Crippen LogP contribution in [0.4, 0.5) is 0 Å². The highest BCUT2D eigenvalue weighted by Crippen LogP contribution is 2.11. The topological polar surface area (TPSA) is 75.8 Å². The molecule has 0 unspecified atom stereocenters. The lowest BCUT2D eigenvalue weighted by molar-refractivity contribution is -0.133. The lowest BCUT2D eigenvalue weighted by atomic mass is 10.1. The van der Waals surface area contributed by atoms with Crippen molar-refractivity contribution in [3.8, 4) is 5.75 Å². The minimum Gasteiger partial charge on any atom is -0.508 e. The molecule has 0 aliphatic carbocycles. The van der Waals surface area contributed by atoms with Gasteiger partial charge in [-0.25, -0.2) is 0 Å². The molecule has 0 saturated carbocycles. The van der Waals surface area contributed by atoms with Crippen LogP contribution in [0.3, 0.4) is 0 Å². The largest absolute Gasteiger partial charge is 0.508 e. The second-order valence-electron chi connectivity index (χ2n) is 4.59. The number of rotatable bonds is 8. The first-order chi connectivity index (χ1) is 9.58. The number of carbonyl (C=O) groups is 1. The predicted molar refractivity (Wildman–Crippen MR) is 78.5 cm³/mol. The van der Waals surface area contributed by atoms with Crippen LogP contribution in [-0.4, -0.2) is 48.3 Å². The van der Waals surface area contributed by atoms with Gasteiger partial charge < -0.3 is 20.5 Å². The van der Waals surface area contributed by atoms with Crippen molar-refractivity contribution in [3.63, 3.8) is 0 Å². The van der Waals surface area contributed by atoms with E-state index in [0.29, 0.717) is 32.7 Å². The Morgan fingerprint density at radius 3 is 2.55 bits per heavy atom. The monoisotopic (exact) mass is 280 g/mol. The van der Waals surface area contributed by atoms with Crippen molar-refractivity contribution in [2.45, 2.75) is 26.3 Å². The minimum atomic E-state index is -0.568. The van der Waals surface area contributed by atoms with Crippen LogP contribution in [0.5, 0.6) is 5.75 Å². The van der Waals surface area contributed by atoms with Crippen LogP contribution in [-0.2, 0) is 16.0 Å². The van der Waals surface area contributed by atoms with Crippen LogP contribution in [0, 0.1) is 0 Å². The fourth-order valence-corrected chi connectivity index (χ4v) is 1.95. The second-order valence-corrected chi connectivity index (χ2v) is 4.59. The quantitative estimate of drug-likeness (QED) is 0.700. The van der Waals surface area contributed by atoms with Crippen LogP contribution in [0.15, 0.2) is 24.3 Å². The molecule has 0 aliphatic heterocycles. The van der Waals surface area contributed by atoms with Crippen molar-refractivity contribution in [1.29, 1.82) is 0 Å². The summed E-state index contributed by atoms with van der Waals surface area (Å²) < 4.78 is 5.26. The lowest BCUT2D eigenvalue weighted by Crippen LogP contribution is -2.46. The zero-order valence-electron chi connectivity index (χ0n) is 12.2. The maximum atomic E-state index is 12.2. The average Bonchev–Trinajstić information content (AvgIpc) is 2.45. The third-order valence-corrected chi connectivity index (χ3v) is 3.11. The van der Waals surface area contributed by atoms with E-state index in [2.05, 4.69) is 0 Å². The number of nitrogens with zero attached hydrogens (tertiary/aromatic N) is 1. The molecule has 1 atom stereocenters. The molecule has 1 aromatic carbocycles. The summed E-state index contributed by atoms with van der Waals surface area (Å²) in [5.41, 5.74) is 6.91. The summed E-state index contributed by atoms with van der Waals surface area (Å²) in [5.74, 6) is 0.140. The molecule has 0 bridgehead atoms. The SMILES string of the molecule is CCOCCN(CC)C(=O)[C@H](N)Cc1ccc(O)cc1. The summed E-state index contributed by atoms with van der Waals surface area (Å²) in [5, 5.41) is 9.23. The number of carbonyl (C=O) groups excluding carboxylic acids is 1. The zero-order valence-corrected chi connectivity index (χ0v) is 12.2. The highest BCUT2D eigenvalue weighted by Gasteiger charge is 2.19. The zero-order chi connectivity index (χ0) is 15.0. The van der Waals surface area contributed by atoms with Crippen molar-refractivity contribution >= 4 is 5.91 Å². The number of phenols is 1. The normalized spacial score (nSPS) is 12.2. The van der Waals surface area contributed by atoms with Crippen LogP contribution in [0.1, 0.15) is 19.4 Å². The summed E-state index contributed by atoms with van der Waals surface area (Å²) in [7, 11) is 0. The number of amides is 1. The molecule has 0 aliphatic rings. The van der Waals surface area contributed by atoms with E-state index in [-0.39, 0.29) is 11.7 Å². The molecule has 3 N–H and O–H groups in total. The summed E-state index contributed by atoms with van der Waals surface area (Å²) in [6.07, 6.45) is 0.463. The van der Waals surface area contributed by atoms with Gasteiger partial charge in [-0.15, -0.1) is 0 Å². The van der Waals surface area contributed by atoms with Crippen molar-refractivity contribution < 1.29 is 14.6 Å². The molecule has 1 amide bonds. The Hall–Kier alpha value is -1.59. The molecule has 5 nitrogen and oxygen atoms in total. The molecule has 20 heavy (non-hydrogen) atoms. The second kappa shape index (κ2) is 8.55. The highest BCUT2D eigenvalue weighted by molar-refractivity contribution is 5.82. The van der Waals surface area contributed by atoms with E-state index in [1.807, 2.05) is 13.8 Å². The maximum absolute atomic E-state index is 12.2. The van der Waals surface area contributed by atoms with Gasteiger partial charge in [0, 0.05) is 19.7 Å². The molecule has 0 spiro atoms. The molecule has 112 valence electrons. The minimum absolute atomic E-state index is 0.0692. The number of nitrogens with two attached hydrogens (primary N) is 1. The van der Waals surface area contributed by atoms with Crippen LogP contribution in [0.2, 0.25) is 0 Å². The molecule has 0 aromatic heterocycles. The molecule has 0 saturated heterocycles. The van der Waals surface area contributed by atoms with Crippen molar-refractivity contribution in [3.05, 3.63) is 29.8 Å². The smallest absolute Gasteiger partial charge is 0.239 e. The summed E-state index contributed by atoms with van der Waals surface area (Å²) >= 11 is 0. The Balaban J connectivity index is 2.53. The van der Waals surface area contributed by atoms with Gasteiger partial charge in [0.05, 0.1) is 12.6 Å². The summed E-state index contributed by atoms with van der Waals surface area (Å²) in [6, 6.07) is 6.18. The maximum Gasteiger partial charge on any atom is 0.239 e.